The van der Waals surface area contributed by atoms with E-state index in [9.17, 15) is 19.5 Å². The number of amides is 1. The molecule has 30 heavy (non-hydrogen) atoms. The Balaban J connectivity index is 1.72. The number of tetrazole rings is 1. The van der Waals surface area contributed by atoms with E-state index in [-0.39, 0.29) is 27.1 Å². The predicted molar refractivity (Wildman–Crippen MR) is 106 cm³/mol. The maximum Gasteiger partial charge on any atom is 0.339 e. The third kappa shape index (κ3) is 4.75. The number of aromatic nitrogens is 4. The molecule has 0 aliphatic carbocycles. The van der Waals surface area contributed by atoms with Crippen molar-refractivity contribution in [3.05, 3.63) is 58.6 Å². The number of para-hydroxylation sites is 1. The maximum absolute atomic E-state index is 12.3. The number of carboxylic acid groups (broad SMARTS) is 1. The van der Waals surface area contributed by atoms with Gasteiger partial charge in [-0.2, -0.15) is 4.68 Å². The lowest BCUT2D eigenvalue weighted by atomic mass is 10.2. The van der Waals surface area contributed by atoms with E-state index in [2.05, 4.69) is 20.8 Å². The van der Waals surface area contributed by atoms with Crippen LogP contribution in [-0.2, 0) is 9.53 Å². The molecule has 3 aromatic rings. The number of halogens is 1. The summed E-state index contributed by atoms with van der Waals surface area (Å²) in [5.41, 5.74) is 0.658. The van der Waals surface area contributed by atoms with Crippen molar-refractivity contribution >= 4 is 46.9 Å². The van der Waals surface area contributed by atoms with Crippen LogP contribution in [0.3, 0.4) is 0 Å². The van der Waals surface area contributed by atoms with E-state index in [4.69, 9.17) is 16.3 Å². The number of hydrogen-bond acceptors (Lipinski definition) is 9. The number of carbonyl (C=O) groups is 3. The number of carbonyl (C=O) groups excluding carboxylic acids is 3. The first-order chi connectivity index (χ1) is 14.4. The number of thioether (sulfide) groups is 1. The third-order valence-corrected chi connectivity index (χ3v) is 5.04. The van der Waals surface area contributed by atoms with E-state index in [1.165, 1.54) is 36.1 Å². The van der Waals surface area contributed by atoms with Crippen molar-refractivity contribution in [1.29, 1.82) is 0 Å². The SMILES string of the molecule is COC(=O)c1ccccc1NC(=O)CSc1nnnn1-c1ccc(Cl)c(C(=O)[O-])c1. The van der Waals surface area contributed by atoms with Crippen molar-refractivity contribution in [3.63, 3.8) is 0 Å². The summed E-state index contributed by atoms with van der Waals surface area (Å²) in [7, 11) is 1.25. The van der Waals surface area contributed by atoms with Gasteiger partial charge in [0.25, 0.3) is 0 Å². The Kier molecular flexibility index (Phi) is 6.65. The average molecular weight is 447 g/mol. The minimum Gasteiger partial charge on any atom is -0.545 e. The smallest absolute Gasteiger partial charge is 0.339 e. The van der Waals surface area contributed by atoms with Crippen molar-refractivity contribution < 1.29 is 24.2 Å². The lowest BCUT2D eigenvalue weighted by Gasteiger charge is -2.10. The van der Waals surface area contributed by atoms with Gasteiger partial charge < -0.3 is 20.0 Å². The van der Waals surface area contributed by atoms with Crippen LogP contribution in [0, 0.1) is 0 Å². The van der Waals surface area contributed by atoms with Crippen LogP contribution < -0.4 is 10.4 Å². The number of anilines is 1. The highest BCUT2D eigenvalue weighted by Gasteiger charge is 2.16. The zero-order valence-corrected chi connectivity index (χ0v) is 16.9. The first-order valence-corrected chi connectivity index (χ1v) is 9.66. The number of benzene rings is 2. The van der Waals surface area contributed by atoms with Crippen LogP contribution in [0.25, 0.3) is 5.69 Å². The van der Waals surface area contributed by atoms with Crippen molar-refractivity contribution in [3.8, 4) is 5.69 Å². The number of carboxylic acids is 1. The fraction of sp³-hybridized carbons (Fsp3) is 0.111. The van der Waals surface area contributed by atoms with Gasteiger partial charge in [0, 0.05) is 10.6 Å². The Labute approximate surface area is 179 Å². The molecule has 154 valence electrons. The summed E-state index contributed by atoms with van der Waals surface area (Å²) in [5, 5.41) is 25.3. The monoisotopic (exact) mass is 446 g/mol. The van der Waals surface area contributed by atoms with E-state index in [1.807, 2.05) is 0 Å². The number of hydrogen-bond donors (Lipinski definition) is 1. The van der Waals surface area contributed by atoms with Gasteiger partial charge in [0.2, 0.25) is 11.1 Å². The van der Waals surface area contributed by atoms with Gasteiger partial charge in [-0.05, 0) is 40.8 Å². The Morgan fingerprint density at radius 2 is 1.97 bits per heavy atom. The number of ether oxygens (including phenoxy) is 1. The van der Waals surface area contributed by atoms with Crippen molar-refractivity contribution in [2.45, 2.75) is 5.16 Å². The molecule has 0 spiro atoms. The average Bonchev–Trinajstić information content (AvgIpc) is 3.21. The molecule has 0 aliphatic heterocycles. The van der Waals surface area contributed by atoms with Crippen LogP contribution in [0.4, 0.5) is 5.69 Å². The van der Waals surface area contributed by atoms with Gasteiger partial charge in [0.1, 0.15) is 0 Å². The lowest BCUT2D eigenvalue weighted by molar-refractivity contribution is -0.255. The van der Waals surface area contributed by atoms with Gasteiger partial charge in [-0.25, -0.2) is 4.79 Å². The van der Waals surface area contributed by atoms with Crippen LogP contribution in [-0.4, -0.2) is 50.9 Å². The number of esters is 1. The molecule has 0 saturated carbocycles. The Morgan fingerprint density at radius 3 is 2.70 bits per heavy atom. The summed E-state index contributed by atoms with van der Waals surface area (Å²) >= 11 is 6.86. The van der Waals surface area contributed by atoms with Gasteiger partial charge in [-0.3, -0.25) is 4.79 Å². The van der Waals surface area contributed by atoms with Crippen molar-refractivity contribution in [2.75, 3.05) is 18.2 Å². The first kappa shape index (κ1) is 21.3. The fourth-order valence-electron chi connectivity index (χ4n) is 2.43. The number of aromatic carboxylic acids is 1. The second kappa shape index (κ2) is 9.37. The van der Waals surface area contributed by atoms with Gasteiger partial charge in [-0.15, -0.1) is 5.10 Å². The maximum atomic E-state index is 12.3. The summed E-state index contributed by atoms with van der Waals surface area (Å²) in [4.78, 5) is 35.3. The number of rotatable bonds is 7. The summed E-state index contributed by atoms with van der Waals surface area (Å²) in [6.45, 7) is 0. The molecule has 3 rings (SSSR count). The number of nitrogens with zero attached hydrogens (tertiary/aromatic N) is 4. The minimum atomic E-state index is -1.44. The third-order valence-electron chi connectivity index (χ3n) is 3.79. The summed E-state index contributed by atoms with van der Waals surface area (Å²) < 4.78 is 5.96. The quantitative estimate of drug-likeness (QED) is 0.418. The van der Waals surface area contributed by atoms with E-state index < -0.39 is 17.8 Å². The highest BCUT2D eigenvalue weighted by molar-refractivity contribution is 7.99. The second-order valence-electron chi connectivity index (χ2n) is 5.70. The molecule has 10 nitrogen and oxygen atoms in total. The van der Waals surface area contributed by atoms with E-state index >= 15 is 0 Å². The molecule has 0 radical (unpaired) electrons. The minimum absolute atomic E-state index is 0.0182. The largest absolute Gasteiger partial charge is 0.545 e. The summed E-state index contributed by atoms with van der Waals surface area (Å²) in [6, 6.07) is 10.6. The van der Waals surface area contributed by atoms with Crippen LogP contribution in [0.15, 0.2) is 47.6 Å². The summed E-state index contributed by atoms with van der Waals surface area (Å²) in [5.74, 6) is -2.49. The second-order valence-corrected chi connectivity index (χ2v) is 7.05. The molecule has 0 saturated heterocycles. The molecule has 0 atom stereocenters. The highest BCUT2D eigenvalue weighted by Crippen LogP contribution is 2.23. The molecule has 0 unspecified atom stereocenters. The molecule has 12 heteroatoms. The number of methoxy groups -OCH3 is 1. The van der Waals surface area contributed by atoms with Crippen molar-refractivity contribution in [1.82, 2.24) is 20.2 Å². The molecular weight excluding hydrogens is 434 g/mol. The summed E-state index contributed by atoms with van der Waals surface area (Å²) in [6.07, 6.45) is 0. The first-order valence-electron chi connectivity index (χ1n) is 8.30. The zero-order chi connectivity index (χ0) is 21.7. The topological polar surface area (TPSA) is 139 Å². The van der Waals surface area contributed by atoms with Crippen LogP contribution in [0.1, 0.15) is 20.7 Å². The normalized spacial score (nSPS) is 10.5. The fourth-order valence-corrected chi connectivity index (χ4v) is 3.31. The highest BCUT2D eigenvalue weighted by atomic mass is 35.5. The van der Waals surface area contributed by atoms with Gasteiger partial charge in [0.15, 0.2) is 0 Å². The Morgan fingerprint density at radius 1 is 1.20 bits per heavy atom. The molecule has 0 bridgehead atoms. The molecule has 1 heterocycles. The Bertz CT molecular complexity index is 1120. The molecular formula is C18H13ClN5O5S-. The molecule has 0 aliphatic rings. The predicted octanol–water partition coefficient (Wildman–Crippen LogP) is 1.20. The zero-order valence-electron chi connectivity index (χ0n) is 15.4. The Hall–Kier alpha value is -3.44. The molecule has 1 aromatic heterocycles. The van der Waals surface area contributed by atoms with Gasteiger partial charge in [-0.1, -0.05) is 35.5 Å². The molecule has 0 fully saturated rings. The molecule has 2 aromatic carbocycles. The van der Waals surface area contributed by atoms with Crippen LogP contribution in [0.5, 0.6) is 0 Å². The molecule has 1 N–H and O–H groups in total. The van der Waals surface area contributed by atoms with E-state index in [1.54, 1.807) is 18.2 Å². The van der Waals surface area contributed by atoms with Crippen LogP contribution >= 0.6 is 23.4 Å². The van der Waals surface area contributed by atoms with Gasteiger partial charge in [0.05, 0.1) is 35.8 Å². The number of nitrogens with one attached hydrogen (secondary N) is 1. The standard InChI is InChI=1S/C18H14ClN5O5S/c1-29-17(28)11-4-2-3-5-14(11)20-15(25)9-30-18-21-22-23-24(18)10-6-7-13(19)12(8-10)16(26)27/h2-8H,9H2,1H3,(H,20,25)(H,26,27)/p-1. The van der Waals surface area contributed by atoms with Gasteiger partial charge >= 0.3 is 5.97 Å². The van der Waals surface area contributed by atoms with Crippen LogP contribution in [0.2, 0.25) is 5.02 Å². The lowest BCUT2D eigenvalue weighted by Crippen LogP contribution is -2.23. The van der Waals surface area contributed by atoms with E-state index in [0.29, 0.717) is 11.4 Å². The van der Waals surface area contributed by atoms with Crippen molar-refractivity contribution in [2.24, 2.45) is 0 Å². The molecule has 1 amide bonds. The van der Waals surface area contributed by atoms with E-state index in [0.717, 1.165) is 11.8 Å².